The molecule has 0 bridgehead atoms. The van der Waals surface area contributed by atoms with E-state index in [0.717, 1.165) is 23.6 Å². The van der Waals surface area contributed by atoms with Crippen LogP contribution in [0.2, 0.25) is 0 Å². The largest absolute Gasteiger partial charge is 0.359 e. The zero-order valence-corrected chi connectivity index (χ0v) is 14.7. The Morgan fingerprint density at radius 2 is 1.83 bits per heavy atom. The van der Waals surface area contributed by atoms with Crippen molar-refractivity contribution in [2.24, 2.45) is 0 Å². The molecule has 2 amide bonds. The summed E-state index contributed by atoms with van der Waals surface area (Å²) < 4.78 is 26.0. The van der Waals surface area contributed by atoms with Crippen molar-refractivity contribution in [3.8, 4) is 0 Å². The van der Waals surface area contributed by atoms with E-state index < -0.39 is 10.0 Å². The first kappa shape index (κ1) is 18.4. The molecule has 1 aliphatic rings. The van der Waals surface area contributed by atoms with E-state index in [-0.39, 0.29) is 35.7 Å². The van der Waals surface area contributed by atoms with Crippen LogP contribution in [0, 0.1) is 0 Å². The minimum atomic E-state index is -3.68. The topological polar surface area (TPSA) is 95.6 Å². The van der Waals surface area contributed by atoms with Crippen molar-refractivity contribution < 1.29 is 18.0 Å². The van der Waals surface area contributed by atoms with Crippen molar-refractivity contribution in [2.75, 3.05) is 20.6 Å². The summed E-state index contributed by atoms with van der Waals surface area (Å²) in [6.07, 6.45) is 3.21. The maximum absolute atomic E-state index is 12.4. The van der Waals surface area contributed by atoms with Crippen LogP contribution in [0.15, 0.2) is 29.2 Å². The van der Waals surface area contributed by atoms with Gasteiger partial charge in [0.2, 0.25) is 15.9 Å². The van der Waals surface area contributed by atoms with Crippen molar-refractivity contribution in [1.82, 2.24) is 14.9 Å². The second kappa shape index (κ2) is 7.76. The third-order valence-corrected chi connectivity index (χ3v) is 6.07. The van der Waals surface area contributed by atoms with Crippen LogP contribution in [0.3, 0.4) is 0 Å². The van der Waals surface area contributed by atoms with E-state index in [0.29, 0.717) is 5.56 Å². The second-order valence-electron chi connectivity index (χ2n) is 5.88. The van der Waals surface area contributed by atoms with Gasteiger partial charge in [0.1, 0.15) is 0 Å². The molecule has 0 heterocycles. The highest BCUT2D eigenvalue weighted by Gasteiger charge is 2.23. The standard InChI is InChI=1S/C16H23N3O4S/c1-17-15(20)10-11-19(2)24(22,23)14-8-6-12(7-9-14)16(21)18-13-4-3-5-13/h6-9,13H,3-5,10-11H2,1-2H3,(H,17,20)(H,18,21). The highest BCUT2D eigenvalue weighted by Crippen LogP contribution is 2.19. The van der Waals surface area contributed by atoms with Crippen LogP contribution in [0.1, 0.15) is 36.0 Å². The van der Waals surface area contributed by atoms with Crippen molar-refractivity contribution in [3.05, 3.63) is 29.8 Å². The lowest BCUT2D eigenvalue weighted by molar-refractivity contribution is -0.120. The van der Waals surface area contributed by atoms with Crippen LogP contribution in [0.5, 0.6) is 0 Å². The van der Waals surface area contributed by atoms with Gasteiger partial charge in [0, 0.05) is 38.7 Å². The molecule has 1 aromatic rings. The first-order valence-electron chi connectivity index (χ1n) is 7.92. The first-order valence-corrected chi connectivity index (χ1v) is 9.36. The number of hydrogen-bond donors (Lipinski definition) is 2. The molecule has 1 aromatic carbocycles. The third kappa shape index (κ3) is 4.33. The van der Waals surface area contributed by atoms with Crippen LogP contribution in [-0.2, 0) is 14.8 Å². The fourth-order valence-electron chi connectivity index (χ4n) is 2.28. The molecule has 0 spiro atoms. The Labute approximate surface area is 142 Å². The van der Waals surface area contributed by atoms with E-state index in [2.05, 4.69) is 10.6 Å². The summed E-state index contributed by atoms with van der Waals surface area (Å²) in [6.45, 7) is 0.0892. The molecule has 1 aliphatic carbocycles. The van der Waals surface area contributed by atoms with Gasteiger partial charge in [-0.15, -0.1) is 0 Å². The number of carbonyl (C=O) groups is 2. The summed E-state index contributed by atoms with van der Waals surface area (Å²) in [7, 11) is -0.750. The number of amides is 2. The van der Waals surface area contributed by atoms with Gasteiger partial charge in [-0.25, -0.2) is 12.7 Å². The molecule has 1 fully saturated rings. The smallest absolute Gasteiger partial charge is 0.251 e. The van der Waals surface area contributed by atoms with Crippen LogP contribution in [0.4, 0.5) is 0 Å². The number of sulfonamides is 1. The number of nitrogens with one attached hydrogen (secondary N) is 2. The van der Waals surface area contributed by atoms with Crippen molar-refractivity contribution >= 4 is 21.8 Å². The van der Waals surface area contributed by atoms with Gasteiger partial charge in [-0.3, -0.25) is 9.59 Å². The molecule has 2 rings (SSSR count). The summed E-state index contributed by atoms with van der Waals surface area (Å²) >= 11 is 0. The van der Waals surface area contributed by atoms with Crippen molar-refractivity contribution in [1.29, 1.82) is 0 Å². The quantitative estimate of drug-likeness (QED) is 0.755. The first-order chi connectivity index (χ1) is 11.3. The van der Waals surface area contributed by atoms with E-state index in [9.17, 15) is 18.0 Å². The summed E-state index contributed by atoms with van der Waals surface area (Å²) in [5, 5.41) is 5.36. The molecule has 0 aromatic heterocycles. The van der Waals surface area contributed by atoms with Gasteiger partial charge in [-0.05, 0) is 43.5 Å². The monoisotopic (exact) mass is 353 g/mol. The summed E-state index contributed by atoms with van der Waals surface area (Å²) in [4.78, 5) is 23.4. The Kier molecular flexibility index (Phi) is 5.95. The molecule has 0 atom stereocenters. The Bertz CT molecular complexity index is 697. The number of rotatable bonds is 7. The molecular weight excluding hydrogens is 330 g/mol. The molecule has 24 heavy (non-hydrogen) atoms. The minimum Gasteiger partial charge on any atom is -0.359 e. The molecule has 1 saturated carbocycles. The molecule has 2 N–H and O–H groups in total. The molecular formula is C16H23N3O4S. The summed E-state index contributed by atoms with van der Waals surface area (Å²) in [6, 6.07) is 6.08. The summed E-state index contributed by atoms with van der Waals surface area (Å²) in [5.41, 5.74) is 0.439. The van der Waals surface area contributed by atoms with E-state index in [1.807, 2.05) is 0 Å². The van der Waals surface area contributed by atoms with Crippen LogP contribution in [-0.4, -0.2) is 51.2 Å². The molecule has 8 heteroatoms. The van der Waals surface area contributed by atoms with Crippen molar-refractivity contribution in [3.63, 3.8) is 0 Å². The normalized spacial score (nSPS) is 15.0. The molecule has 132 valence electrons. The lowest BCUT2D eigenvalue weighted by Gasteiger charge is -2.26. The van der Waals surface area contributed by atoms with Gasteiger partial charge in [-0.1, -0.05) is 0 Å². The van der Waals surface area contributed by atoms with Crippen LogP contribution < -0.4 is 10.6 Å². The molecule has 0 radical (unpaired) electrons. The van der Waals surface area contributed by atoms with Crippen molar-refractivity contribution in [2.45, 2.75) is 36.6 Å². The minimum absolute atomic E-state index is 0.0892. The number of carbonyl (C=O) groups excluding carboxylic acids is 2. The maximum atomic E-state index is 12.4. The Balaban J connectivity index is 2.02. The number of benzene rings is 1. The lowest BCUT2D eigenvalue weighted by Crippen LogP contribution is -2.39. The predicted molar refractivity (Wildman–Crippen MR) is 90.0 cm³/mol. The zero-order chi connectivity index (χ0) is 17.7. The lowest BCUT2D eigenvalue weighted by atomic mass is 9.93. The highest BCUT2D eigenvalue weighted by molar-refractivity contribution is 7.89. The van der Waals surface area contributed by atoms with Crippen LogP contribution >= 0.6 is 0 Å². The fourth-order valence-corrected chi connectivity index (χ4v) is 3.46. The summed E-state index contributed by atoms with van der Waals surface area (Å²) in [5.74, 6) is -0.406. The van der Waals surface area contributed by atoms with Gasteiger partial charge < -0.3 is 10.6 Å². The SMILES string of the molecule is CNC(=O)CCN(C)S(=O)(=O)c1ccc(C(=O)NC2CCC2)cc1. The van der Waals surface area contributed by atoms with Gasteiger partial charge >= 0.3 is 0 Å². The zero-order valence-electron chi connectivity index (χ0n) is 13.9. The predicted octanol–water partition coefficient (Wildman–Crippen LogP) is 0.726. The van der Waals surface area contributed by atoms with Gasteiger partial charge in [0.25, 0.3) is 5.91 Å². The van der Waals surface area contributed by atoms with E-state index in [1.54, 1.807) is 0 Å². The highest BCUT2D eigenvalue weighted by atomic mass is 32.2. The second-order valence-corrected chi connectivity index (χ2v) is 7.92. The Morgan fingerprint density at radius 3 is 2.33 bits per heavy atom. The number of hydrogen-bond acceptors (Lipinski definition) is 4. The van der Waals surface area contributed by atoms with Gasteiger partial charge in [0.15, 0.2) is 0 Å². The maximum Gasteiger partial charge on any atom is 0.251 e. The molecule has 0 unspecified atom stereocenters. The third-order valence-electron chi connectivity index (χ3n) is 4.20. The molecule has 0 aliphatic heterocycles. The van der Waals surface area contributed by atoms with E-state index >= 15 is 0 Å². The molecule has 7 nitrogen and oxygen atoms in total. The van der Waals surface area contributed by atoms with Gasteiger partial charge in [-0.2, -0.15) is 0 Å². The number of nitrogens with zero attached hydrogens (tertiary/aromatic N) is 1. The van der Waals surface area contributed by atoms with E-state index in [1.165, 1.54) is 38.4 Å². The van der Waals surface area contributed by atoms with Gasteiger partial charge in [0.05, 0.1) is 4.90 Å². The molecule has 0 saturated heterocycles. The Hall–Kier alpha value is -1.93. The Morgan fingerprint density at radius 1 is 1.21 bits per heavy atom. The average Bonchev–Trinajstić information content (AvgIpc) is 2.55. The fraction of sp³-hybridized carbons (Fsp3) is 0.500. The van der Waals surface area contributed by atoms with Crippen LogP contribution in [0.25, 0.3) is 0 Å². The van der Waals surface area contributed by atoms with E-state index in [4.69, 9.17) is 0 Å². The average molecular weight is 353 g/mol.